The summed E-state index contributed by atoms with van der Waals surface area (Å²) in [5, 5.41) is 1.70. The summed E-state index contributed by atoms with van der Waals surface area (Å²) in [7, 11) is -0.152. The van der Waals surface area contributed by atoms with Gasteiger partial charge in [0.15, 0.2) is 4.21 Å². The molecule has 1 aliphatic heterocycles. The molecule has 112 valence electrons. The smallest absolute Gasteiger partial charge is 0.275 e. The Labute approximate surface area is 128 Å². The van der Waals surface area contributed by atoms with Gasteiger partial charge < -0.3 is 9.64 Å². The van der Waals surface area contributed by atoms with Crippen LogP contribution in [0.2, 0.25) is 0 Å². The number of rotatable bonds is 4. The minimum absolute atomic E-state index is 0.203. The summed E-state index contributed by atoms with van der Waals surface area (Å²) in [6.07, 6.45) is 0.839. The van der Waals surface area contributed by atoms with Crippen LogP contribution in [0.15, 0.2) is 33.9 Å². The van der Waals surface area contributed by atoms with Gasteiger partial charge in [0.05, 0.1) is 12.8 Å². The van der Waals surface area contributed by atoms with Gasteiger partial charge in [-0.15, -0.1) is 11.3 Å². The van der Waals surface area contributed by atoms with Crippen LogP contribution in [0.5, 0.6) is 5.75 Å². The zero-order valence-electron chi connectivity index (χ0n) is 11.8. The average molecular weight is 324 g/mol. The molecule has 1 aliphatic rings. The first-order valence-electron chi connectivity index (χ1n) is 6.50. The fraction of sp³-hybridized carbons (Fsp3) is 0.286. The van der Waals surface area contributed by atoms with E-state index in [4.69, 9.17) is 4.74 Å². The zero-order chi connectivity index (χ0) is 15.0. The van der Waals surface area contributed by atoms with E-state index in [0.717, 1.165) is 35.6 Å². The molecule has 21 heavy (non-hydrogen) atoms. The largest absolute Gasteiger partial charge is 0.494 e. The van der Waals surface area contributed by atoms with Crippen molar-refractivity contribution in [1.29, 1.82) is 0 Å². The minimum Gasteiger partial charge on any atom is -0.494 e. The van der Waals surface area contributed by atoms with E-state index in [1.54, 1.807) is 17.5 Å². The number of hydrogen-bond acceptors (Lipinski definition) is 5. The number of hydrogen-bond donors (Lipinski definition) is 1. The third-order valence-electron chi connectivity index (χ3n) is 3.56. The number of fused-ring (bicyclic) bond motifs is 1. The van der Waals surface area contributed by atoms with E-state index in [-0.39, 0.29) is 4.21 Å². The van der Waals surface area contributed by atoms with E-state index in [0.29, 0.717) is 11.4 Å². The van der Waals surface area contributed by atoms with Gasteiger partial charge in [-0.3, -0.25) is 4.72 Å². The molecule has 1 aromatic carbocycles. The number of ether oxygens (including phenoxy) is 1. The summed E-state index contributed by atoms with van der Waals surface area (Å²) in [4.78, 5) is 2.12. The van der Waals surface area contributed by atoms with Gasteiger partial charge in [-0.05, 0) is 30.0 Å². The highest BCUT2D eigenvalue weighted by molar-refractivity contribution is 7.94. The van der Waals surface area contributed by atoms with Gasteiger partial charge >= 0.3 is 0 Å². The second-order valence-electron chi connectivity index (χ2n) is 4.86. The van der Waals surface area contributed by atoms with Crippen LogP contribution < -0.4 is 14.4 Å². The Hall–Kier alpha value is -1.73. The van der Waals surface area contributed by atoms with Crippen LogP contribution in [0.3, 0.4) is 0 Å². The quantitative estimate of drug-likeness (QED) is 0.939. The Balaban J connectivity index is 1.98. The molecule has 0 saturated heterocycles. The van der Waals surface area contributed by atoms with Crippen LogP contribution >= 0.6 is 11.3 Å². The molecule has 5 nitrogen and oxygen atoms in total. The van der Waals surface area contributed by atoms with Gasteiger partial charge in [0.1, 0.15) is 5.75 Å². The highest BCUT2D eigenvalue weighted by atomic mass is 32.2. The summed E-state index contributed by atoms with van der Waals surface area (Å²) in [5.74, 6) is 0.372. The maximum atomic E-state index is 12.5. The van der Waals surface area contributed by atoms with Crippen molar-refractivity contribution in [3.05, 3.63) is 35.2 Å². The molecular formula is C14H16N2O3S2. The van der Waals surface area contributed by atoms with Gasteiger partial charge in [0.2, 0.25) is 0 Å². The number of nitrogens with zero attached hydrogens (tertiary/aromatic N) is 1. The van der Waals surface area contributed by atoms with Crippen LogP contribution in [-0.2, 0) is 16.4 Å². The molecule has 1 aromatic heterocycles. The molecule has 2 aromatic rings. The molecule has 0 bridgehead atoms. The fourth-order valence-corrected chi connectivity index (χ4v) is 4.88. The first-order valence-corrected chi connectivity index (χ1v) is 8.86. The number of anilines is 2. The fourth-order valence-electron chi connectivity index (χ4n) is 2.51. The van der Waals surface area contributed by atoms with Gasteiger partial charge in [-0.2, -0.15) is 0 Å². The SMILES string of the molecule is COc1ccsc1S(=O)(=O)Nc1cccc2c1CCN2C. The van der Waals surface area contributed by atoms with Gasteiger partial charge in [0, 0.05) is 24.8 Å². The molecule has 0 radical (unpaired) electrons. The first-order chi connectivity index (χ1) is 10.0. The van der Waals surface area contributed by atoms with E-state index in [2.05, 4.69) is 9.62 Å². The molecule has 7 heteroatoms. The molecule has 0 amide bonds. The molecule has 0 saturated carbocycles. The van der Waals surface area contributed by atoms with Crippen molar-refractivity contribution in [1.82, 2.24) is 0 Å². The number of methoxy groups -OCH3 is 1. The summed E-state index contributed by atoms with van der Waals surface area (Å²) in [5.41, 5.74) is 2.76. The lowest BCUT2D eigenvalue weighted by atomic mass is 10.1. The minimum atomic E-state index is -3.63. The van der Waals surface area contributed by atoms with Gasteiger partial charge in [-0.25, -0.2) is 8.42 Å². The van der Waals surface area contributed by atoms with Crippen molar-refractivity contribution < 1.29 is 13.2 Å². The second-order valence-corrected chi connectivity index (χ2v) is 7.65. The van der Waals surface area contributed by atoms with Crippen LogP contribution in [0.1, 0.15) is 5.56 Å². The number of benzene rings is 1. The number of nitrogens with one attached hydrogen (secondary N) is 1. The Kier molecular flexibility index (Phi) is 3.54. The van der Waals surface area contributed by atoms with Crippen molar-refractivity contribution in [2.45, 2.75) is 10.6 Å². The zero-order valence-corrected chi connectivity index (χ0v) is 13.4. The van der Waals surface area contributed by atoms with E-state index in [9.17, 15) is 8.42 Å². The maximum Gasteiger partial charge on any atom is 0.275 e. The van der Waals surface area contributed by atoms with E-state index in [1.807, 2.05) is 19.2 Å². The Morgan fingerprint density at radius 2 is 2.14 bits per heavy atom. The molecule has 3 rings (SSSR count). The molecule has 0 spiro atoms. The Bertz CT molecular complexity index is 768. The van der Waals surface area contributed by atoms with E-state index in [1.165, 1.54) is 7.11 Å². The normalized spacial score (nSPS) is 14.1. The van der Waals surface area contributed by atoms with Crippen molar-refractivity contribution >= 4 is 32.7 Å². The van der Waals surface area contributed by atoms with Crippen molar-refractivity contribution in [2.24, 2.45) is 0 Å². The maximum absolute atomic E-state index is 12.5. The van der Waals surface area contributed by atoms with Crippen molar-refractivity contribution in [2.75, 3.05) is 30.3 Å². The van der Waals surface area contributed by atoms with Crippen molar-refractivity contribution in [3.63, 3.8) is 0 Å². The summed E-state index contributed by atoms with van der Waals surface area (Å²) in [6.45, 7) is 0.899. The van der Waals surface area contributed by atoms with E-state index >= 15 is 0 Å². The molecule has 0 atom stereocenters. The third kappa shape index (κ3) is 2.47. The lowest BCUT2D eigenvalue weighted by Crippen LogP contribution is -2.13. The van der Waals surface area contributed by atoms with Crippen LogP contribution in [-0.4, -0.2) is 29.1 Å². The van der Waals surface area contributed by atoms with Crippen LogP contribution in [0.4, 0.5) is 11.4 Å². The third-order valence-corrected chi connectivity index (χ3v) is 6.38. The average Bonchev–Trinajstić information content (AvgIpc) is 3.07. The monoisotopic (exact) mass is 324 g/mol. The predicted octanol–water partition coefficient (Wildman–Crippen LogP) is 2.55. The molecule has 2 heterocycles. The molecule has 1 N–H and O–H groups in total. The Morgan fingerprint density at radius 1 is 1.33 bits per heavy atom. The topological polar surface area (TPSA) is 58.6 Å². The Morgan fingerprint density at radius 3 is 2.90 bits per heavy atom. The first kappa shape index (κ1) is 14.2. The standard InChI is InChI=1S/C14H16N2O3S2/c1-16-8-6-10-11(4-3-5-12(10)16)15-21(17,18)14-13(19-2)7-9-20-14/h3-5,7,9,15H,6,8H2,1-2H3. The highest BCUT2D eigenvalue weighted by Gasteiger charge is 2.25. The molecule has 0 unspecified atom stereocenters. The molecule has 0 fully saturated rings. The lowest BCUT2D eigenvalue weighted by molar-refractivity contribution is 0.406. The van der Waals surface area contributed by atoms with E-state index < -0.39 is 10.0 Å². The molecule has 0 aliphatic carbocycles. The predicted molar refractivity (Wildman–Crippen MR) is 85.1 cm³/mol. The van der Waals surface area contributed by atoms with Crippen molar-refractivity contribution in [3.8, 4) is 5.75 Å². The number of sulfonamides is 1. The van der Waals surface area contributed by atoms with Gasteiger partial charge in [0.25, 0.3) is 10.0 Å². The van der Waals surface area contributed by atoms with Gasteiger partial charge in [-0.1, -0.05) is 6.07 Å². The summed E-state index contributed by atoms with van der Waals surface area (Å²) in [6, 6.07) is 7.33. The molecular weight excluding hydrogens is 308 g/mol. The lowest BCUT2D eigenvalue weighted by Gasteiger charge is -2.14. The highest BCUT2D eigenvalue weighted by Crippen LogP contribution is 2.36. The van der Waals surface area contributed by atoms with Crippen LogP contribution in [0, 0.1) is 0 Å². The number of likely N-dealkylation sites (N-methyl/N-ethyl adjacent to an activating group) is 1. The summed E-state index contributed by atoms with van der Waals surface area (Å²) < 4.78 is 33.1. The summed E-state index contributed by atoms with van der Waals surface area (Å²) >= 11 is 1.15. The number of thiophene rings is 1. The van der Waals surface area contributed by atoms with Crippen LogP contribution in [0.25, 0.3) is 0 Å². The second kappa shape index (κ2) is 5.23.